The Balaban J connectivity index is 2.57. The van der Waals surface area contributed by atoms with Gasteiger partial charge in [0.1, 0.15) is 0 Å². The van der Waals surface area contributed by atoms with Crippen molar-refractivity contribution >= 4 is 21.8 Å². The van der Waals surface area contributed by atoms with Gasteiger partial charge < -0.3 is 5.73 Å². The van der Waals surface area contributed by atoms with Crippen molar-refractivity contribution in [1.29, 1.82) is 0 Å². The fraction of sp³-hybridized carbons (Fsp3) is 0.462. The summed E-state index contributed by atoms with van der Waals surface area (Å²) in [5, 5.41) is 0. The SMILES string of the molecule is CCCCN(CC(N)=O)Cc1ccc(Br)cc1. The first-order chi connectivity index (χ1) is 8.11. The van der Waals surface area contributed by atoms with Crippen molar-refractivity contribution < 1.29 is 4.79 Å². The molecule has 0 aromatic heterocycles. The summed E-state index contributed by atoms with van der Waals surface area (Å²) in [6.45, 7) is 4.16. The highest BCUT2D eigenvalue weighted by Crippen LogP contribution is 2.12. The second kappa shape index (κ2) is 7.45. The summed E-state index contributed by atoms with van der Waals surface area (Å²) in [5.74, 6) is -0.266. The molecule has 0 saturated heterocycles. The standard InChI is InChI=1S/C13H19BrN2O/c1-2-3-8-16(10-13(15)17)9-11-4-6-12(14)7-5-11/h4-7H,2-3,8-10H2,1H3,(H2,15,17). The number of halogens is 1. The summed E-state index contributed by atoms with van der Waals surface area (Å²) in [7, 11) is 0. The van der Waals surface area contributed by atoms with E-state index in [2.05, 4.69) is 39.9 Å². The maximum atomic E-state index is 11.0. The van der Waals surface area contributed by atoms with Crippen LogP contribution in [0, 0.1) is 0 Å². The number of nitrogens with zero attached hydrogens (tertiary/aromatic N) is 1. The molecule has 0 radical (unpaired) electrons. The Bertz CT molecular complexity index is 351. The minimum atomic E-state index is -0.266. The number of unbranched alkanes of at least 4 members (excludes halogenated alkanes) is 1. The Morgan fingerprint density at radius 1 is 1.35 bits per heavy atom. The number of amides is 1. The van der Waals surface area contributed by atoms with Crippen LogP contribution in [0.1, 0.15) is 25.3 Å². The van der Waals surface area contributed by atoms with Gasteiger partial charge >= 0.3 is 0 Å². The molecule has 1 aromatic rings. The van der Waals surface area contributed by atoms with Crippen LogP contribution in [0.25, 0.3) is 0 Å². The number of carbonyl (C=O) groups is 1. The third-order valence-corrected chi connectivity index (χ3v) is 3.06. The van der Waals surface area contributed by atoms with Crippen LogP contribution in [0.3, 0.4) is 0 Å². The minimum Gasteiger partial charge on any atom is -0.369 e. The predicted octanol–water partition coefficient (Wildman–Crippen LogP) is 2.54. The molecule has 0 heterocycles. The fourth-order valence-electron chi connectivity index (χ4n) is 1.66. The third-order valence-electron chi connectivity index (χ3n) is 2.53. The number of hydrogen-bond donors (Lipinski definition) is 1. The molecule has 4 heteroatoms. The van der Waals surface area contributed by atoms with E-state index in [1.54, 1.807) is 0 Å². The lowest BCUT2D eigenvalue weighted by atomic mass is 10.2. The number of carbonyl (C=O) groups excluding carboxylic acids is 1. The second-order valence-corrected chi connectivity index (χ2v) is 5.07. The lowest BCUT2D eigenvalue weighted by Gasteiger charge is -2.20. The molecule has 1 aromatic carbocycles. The van der Waals surface area contributed by atoms with E-state index in [0.717, 1.165) is 30.4 Å². The maximum Gasteiger partial charge on any atom is 0.231 e. The van der Waals surface area contributed by atoms with Gasteiger partial charge in [0.05, 0.1) is 6.54 Å². The number of hydrogen-bond acceptors (Lipinski definition) is 2. The third kappa shape index (κ3) is 5.84. The molecule has 0 atom stereocenters. The van der Waals surface area contributed by atoms with Gasteiger partial charge in [0, 0.05) is 11.0 Å². The molecule has 17 heavy (non-hydrogen) atoms. The van der Waals surface area contributed by atoms with E-state index >= 15 is 0 Å². The van der Waals surface area contributed by atoms with E-state index in [1.165, 1.54) is 5.56 Å². The summed E-state index contributed by atoms with van der Waals surface area (Å²) in [4.78, 5) is 13.1. The van der Waals surface area contributed by atoms with Crippen LogP contribution >= 0.6 is 15.9 Å². The van der Waals surface area contributed by atoms with Crippen LogP contribution in [0.5, 0.6) is 0 Å². The Morgan fingerprint density at radius 3 is 2.53 bits per heavy atom. The Hall–Kier alpha value is -0.870. The highest BCUT2D eigenvalue weighted by atomic mass is 79.9. The van der Waals surface area contributed by atoms with Gasteiger partial charge in [-0.25, -0.2) is 0 Å². The topological polar surface area (TPSA) is 46.3 Å². The van der Waals surface area contributed by atoms with E-state index in [0.29, 0.717) is 6.54 Å². The lowest BCUT2D eigenvalue weighted by Crippen LogP contribution is -2.34. The molecule has 0 unspecified atom stereocenters. The highest BCUT2D eigenvalue weighted by Gasteiger charge is 2.08. The van der Waals surface area contributed by atoms with E-state index in [9.17, 15) is 4.79 Å². The highest BCUT2D eigenvalue weighted by molar-refractivity contribution is 9.10. The number of benzene rings is 1. The first-order valence-corrected chi connectivity index (χ1v) is 6.66. The van der Waals surface area contributed by atoms with Gasteiger partial charge in [0.25, 0.3) is 0 Å². The van der Waals surface area contributed by atoms with Crippen LogP contribution in [-0.2, 0) is 11.3 Å². The average Bonchev–Trinajstić information content (AvgIpc) is 2.28. The maximum absolute atomic E-state index is 11.0. The van der Waals surface area contributed by atoms with Crippen molar-refractivity contribution in [2.75, 3.05) is 13.1 Å². The van der Waals surface area contributed by atoms with Gasteiger partial charge in [0.15, 0.2) is 0 Å². The summed E-state index contributed by atoms with van der Waals surface area (Å²) < 4.78 is 1.07. The summed E-state index contributed by atoms with van der Waals surface area (Å²) in [6.07, 6.45) is 2.21. The molecule has 1 amide bonds. The largest absolute Gasteiger partial charge is 0.369 e. The van der Waals surface area contributed by atoms with Crippen molar-refractivity contribution in [3.8, 4) is 0 Å². The van der Waals surface area contributed by atoms with Crippen molar-refractivity contribution in [1.82, 2.24) is 4.90 Å². The molecule has 0 aliphatic rings. The number of primary amides is 1. The predicted molar refractivity (Wildman–Crippen MR) is 73.5 cm³/mol. The molecule has 0 spiro atoms. The summed E-state index contributed by atoms with van der Waals surface area (Å²) >= 11 is 3.41. The zero-order chi connectivity index (χ0) is 12.7. The first-order valence-electron chi connectivity index (χ1n) is 5.87. The molecule has 0 aliphatic heterocycles. The first kappa shape index (κ1) is 14.2. The molecular weight excluding hydrogens is 280 g/mol. The molecular formula is C13H19BrN2O. The summed E-state index contributed by atoms with van der Waals surface area (Å²) in [6, 6.07) is 8.14. The quantitative estimate of drug-likeness (QED) is 0.841. The van der Waals surface area contributed by atoms with Crippen LogP contribution in [0.4, 0.5) is 0 Å². The van der Waals surface area contributed by atoms with Gasteiger partial charge in [0.2, 0.25) is 5.91 Å². The molecule has 0 saturated carbocycles. The van der Waals surface area contributed by atoms with Crippen LogP contribution < -0.4 is 5.73 Å². The van der Waals surface area contributed by atoms with Crippen molar-refractivity contribution in [3.63, 3.8) is 0 Å². The fourth-order valence-corrected chi connectivity index (χ4v) is 1.93. The van der Waals surface area contributed by atoms with Crippen molar-refractivity contribution in [3.05, 3.63) is 34.3 Å². The molecule has 2 N–H and O–H groups in total. The van der Waals surface area contributed by atoms with E-state index < -0.39 is 0 Å². The van der Waals surface area contributed by atoms with Crippen molar-refractivity contribution in [2.24, 2.45) is 5.73 Å². The molecule has 0 fully saturated rings. The van der Waals surface area contributed by atoms with E-state index in [-0.39, 0.29) is 5.91 Å². The molecule has 3 nitrogen and oxygen atoms in total. The van der Waals surface area contributed by atoms with Gasteiger partial charge in [-0.2, -0.15) is 0 Å². The monoisotopic (exact) mass is 298 g/mol. The Morgan fingerprint density at radius 2 is 2.00 bits per heavy atom. The minimum absolute atomic E-state index is 0.266. The smallest absolute Gasteiger partial charge is 0.231 e. The van der Waals surface area contributed by atoms with Gasteiger partial charge in [-0.3, -0.25) is 9.69 Å². The Labute approximate surface area is 111 Å². The van der Waals surface area contributed by atoms with Crippen LogP contribution in [-0.4, -0.2) is 23.9 Å². The normalized spacial score (nSPS) is 10.8. The van der Waals surface area contributed by atoms with Gasteiger partial charge in [-0.05, 0) is 30.7 Å². The molecule has 0 bridgehead atoms. The second-order valence-electron chi connectivity index (χ2n) is 4.16. The van der Waals surface area contributed by atoms with E-state index in [4.69, 9.17) is 5.73 Å². The van der Waals surface area contributed by atoms with Crippen LogP contribution in [0.15, 0.2) is 28.7 Å². The van der Waals surface area contributed by atoms with E-state index in [1.807, 2.05) is 12.1 Å². The van der Waals surface area contributed by atoms with Crippen molar-refractivity contribution in [2.45, 2.75) is 26.3 Å². The average molecular weight is 299 g/mol. The Kier molecular flexibility index (Phi) is 6.22. The summed E-state index contributed by atoms with van der Waals surface area (Å²) in [5.41, 5.74) is 6.45. The zero-order valence-electron chi connectivity index (χ0n) is 10.2. The molecule has 0 aliphatic carbocycles. The molecule has 94 valence electrons. The van der Waals surface area contributed by atoms with Gasteiger partial charge in [-0.1, -0.05) is 41.4 Å². The molecule has 1 rings (SSSR count). The number of nitrogens with two attached hydrogens (primary N) is 1. The van der Waals surface area contributed by atoms with Crippen LogP contribution in [0.2, 0.25) is 0 Å². The lowest BCUT2D eigenvalue weighted by molar-refractivity contribution is -0.119. The zero-order valence-corrected chi connectivity index (χ0v) is 11.7. The number of rotatable bonds is 7. The van der Waals surface area contributed by atoms with Gasteiger partial charge in [-0.15, -0.1) is 0 Å².